The third-order valence-corrected chi connectivity index (χ3v) is 4.61. The number of benzene rings is 1. The molecular weight excluding hydrogens is 440 g/mol. The zero-order valence-corrected chi connectivity index (χ0v) is 19.3. The average Bonchev–Trinajstić information content (AvgIpc) is 2.73. The second-order valence-electron chi connectivity index (χ2n) is 6.58. The second kappa shape index (κ2) is 13.5. The van der Waals surface area contributed by atoms with Crippen molar-refractivity contribution < 1.29 is 33.7 Å². The molecule has 0 radical (unpaired) electrons. The molecule has 1 aromatic rings. The van der Waals surface area contributed by atoms with Gasteiger partial charge in [0, 0.05) is 24.2 Å². The molecule has 1 aliphatic heterocycles. The number of carbonyl (C=O) groups is 3. The summed E-state index contributed by atoms with van der Waals surface area (Å²) in [4.78, 5) is 34.5. The normalized spacial score (nSPS) is 15.4. The molecule has 0 bridgehead atoms. The van der Waals surface area contributed by atoms with Gasteiger partial charge < -0.3 is 30.4 Å². The number of ether oxygens (including phenoxy) is 3. The van der Waals surface area contributed by atoms with Crippen LogP contribution in [0, 0.1) is 0 Å². The summed E-state index contributed by atoms with van der Waals surface area (Å²) in [5, 5.41) is 10.9. The van der Waals surface area contributed by atoms with Gasteiger partial charge in [-0.25, -0.2) is 9.59 Å². The van der Waals surface area contributed by atoms with Crippen LogP contribution in [0.4, 0.5) is 0 Å². The van der Waals surface area contributed by atoms with Crippen LogP contribution < -0.4 is 11.1 Å². The minimum atomic E-state index is -0.833. The SMILES string of the molecule is CC(=O)O.CCOC(=O)C1=C(COCCN)NC(C)=C(C(=O)OC)[C@@H]1c1ccccc1Cl. The number of esters is 2. The van der Waals surface area contributed by atoms with Crippen molar-refractivity contribution in [2.45, 2.75) is 26.7 Å². The number of nitrogens with two attached hydrogens (primary N) is 1. The van der Waals surface area contributed by atoms with E-state index in [0.717, 1.165) is 6.92 Å². The first-order valence-electron chi connectivity index (χ1n) is 9.87. The second-order valence-corrected chi connectivity index (χ2v) is 6.99. The van der Waals surface area contributed by atoms with E-state index in [1.807, 2.05) is 0 Å². The number of nitrogens with one attached hydrogen (secondary N) is 1. The lowest BCUT2D eigenvalue weighted by Crippen LogP contribution is -2.35. The minimum Gasteiger partial charge on any atom is -0.481 e. The quantitative estimate of drug-likeness (QED) is 0.387. The molecule has 1 heterocycles. The zero-order valence-electron chi connectivity index (χ0n) is 18.6. The van der Waals surface area contributed by atoms with Crippen molar-refractivity contribution in [3.05, 3.63) is 57.4 Å². The molecule has 4 N–H and O–H groups in total. The maximum absolute atomic E-state index is 12.9. The van der Waals surface area contributed by atoms with Crippen molar-refractivity contribution in [1.29, 1.82) is 0 Å². The highest BCUT2D eigenvalue weighted by atomic mass is 35.5. The number of aliphatic carboxylic acids is 1. The van der Waals surface area contributed by atoms with Crippen LogP contribution in [0.2, 0.25) is 5.02 Å². The molecule has 0 aliphatic carbocycles. The maximum Gasteiger partial charge on any atom is 0.336 e. The van der Waals surface area contributed by atoms with Crippen molar-refractivity contribution in [2.24, 2.45) is 5.73 Å². The summed E-state index contributed by atoms with van der Waals surface area (Å²) in [7, 11) is 1.29. The molecule has 0 fully saturated rings. The topological polar surface area (TPSA) is 137 Å². The van der Waals surface area contributed by atoms with Crippen molar-refractivity contribution in [1.82, 2.24) is 5.32 Å². The summed E-state index contributed by atoms with van der Waals surface area (Å²) in [5.41, 5.74) is 7.70. The van der Waals surface area contributed by atoms with Crippen LogP contribution in [0.1, 0.15) is 32.3 Å². The largest absolute Gasteiger partial charge is 0.481 e. The Morgan fingerprint density at radius 1 is 1.19 bits per heavy atom. The first-order valence-corrected chi connectivity index (χ1v) is 10.2. The molecule has 0 saturated heterocycles. The summed E-state index contributed by atoms with van der Waals surface area (Å²) < 4.78 is 15.8. The maximum atomic E-state index is 12.9. The van der Waals surface area contributed by atoms with E-state index in [9.17, 15) is 9.59 Å². The predicted octanol–water partition coefficient (Wildman–Crippen LogP) is 2.36. The molecule has 1 atom stereocenters. The molecule has 0 saturated carbocycles. The lowest BCUT2D eigenvalue weighted by molar-refractivity contribution is -0.139. The average molecular weight is 469 g/mol. The Bertz CT molecular complexity index is 892. The van der Waals surface area contributed by atoms with Crippen molar-refractivity contribution in [3.8, 4) is 0 Å². The standard InChI is InChI=1S/C20H25ClN2O5.C2H4O2/c1-4-28-20(25)18-15(11-27-10-9-22)23-12(2)16(19(24)26-3)17(18)13-7-5-6-8-14(13)21;1-2(3)4/h5-8,17,23H,4,9-11,22H2,1-3H3;1H3,(H,3,4)/t17-;/m0./s1. The zero-order chi connectivity index (χ0) is 24.3. The summed E-state index contributed by atoms with van der Waals surface area (Å²) in [6.07, 6.45) is 0. The van der Waals surface area contributed by atoms with Crippen LogP contribution in [-0.4, -0.2) is 56.5 Å². The molecule has 0 aromatic heterocycles. The van der Waals surface area contributed by atoms with E-state index in [2.05, 4.69) is 5.32 Å². The van der Waals surface area contributed by atoms with Crippen LogP contribution in [-0.2, 0) is 28.6 Å². The molecule has 2 rings (SSSR count). The van der Waals surface area contributed by atoms with Crippen LogP contribution in [0.5, 0.6) is 0 Å². The highest BCUT2D eigenvalue weighted by molar-refractivity contribution is 6.31. The number of dihydropyridines is 1. The molecule has 1 aromatic carbocycles. The van der Waals surface area contributed by atoms with Gasteiger partial charge >= 0.3 is 11.9 Å². The number of hydrogen-bond acceptors (Lipinski definition) is 8. The first-order chi connectivity index (χ1) is 15.2. The molecule has 0 amide bonds. The van der Waals surface area contributed by atoms with E-state index in [0.29, 0.717) is 40.7 Å². The lowest BCUT2D eigenvalue weighted by atomic mass is 9.80. The smallest absolute Gasteiger partial charge is 0.336 e. The van der Waals surface area contributed by atoms with E-state index in [-0.39, 0.29) is 18.8 Å². The predicted molar refractivity (Wildman–Crippen MR) is 119 cm³/mol. The lowest BCUT2D eigenvalue weighted by Gasteiger charge is -2.31. The Morgan fingerprint density at radius 3 is 2.34 bits per heavy atom. The third-order valence-electron chi connectivity index (χ3n) is 4.27. The number of hydrogen-bond donors (Lipinski definition) is 3. The number of carboxylic acid groups (broad SMARTS) is 1. The van der Waals surface area contributed by atoms with Gasteiger partial charge in [-0.3, -0.25) is 4.79 Å². The molecule has 176 valence electrons. The summed E-state index contributed by atoms with van der Waals surface area (Å²) >= 11 is 6.42. The molecule has 32 heavy (non-hydrogen) atoms. The number of carboxylic acids is 1. The van der Waals surface area contributed by atoms with E-state index < -0.39 is 23.8 Å². The number of methoxy groups -OCH3 is 1. The van der Waals surface area contributed by atoms with E-state index in [4.69, 9.17) is 41.4 Å². The van der Waals surface area contributed by atoms with Crippen LogP contribution in [0.15, 0.2) is 46.8 Å². The molecular formula is C22H29ClN2O7. The molecule has 1 aliphatic rings. The van der Waals surface area contributed by atoms with Crippen LogP contribution in [0.25, 0.3) is 0 Å². The molecule has 0 spiro atoms. The Kier molecular flexibility index (Phi) is 11.5. The van der Waals surface area contributed by atoms with Crippen molar-refractivity contribution in [3.63, 3.8) is 0 Å². The van der Waals surface area contributed by atoms with Gasteiger partial charge in [-0.2, -0.15) is 0 Å². The molecule has 9 nitrogen and oxygen atoms in total. The van der Waals surface area contributed by atoms with E-state index >= 15 is 0 Å². The fourth-order valence-corrected chi connectivity index (χ4v) is 3.36. The molecule has 10 heteroatoms. The Balaban J connectivity index is 0.00000118. The van der Waals surface area contributed by atoms with Crippen molar-refractivity contribution in [2.75, 3.05) is 33.5 Å². The summed E-state index contributed by atoms with van der Waals surface area (Å²) in [6.45, 7) is 5.50. The number of carbonyl (C=O) groups excluding carboxylic acids is 2. The van der Waals surface area contributed by atoms with E-state index in [1.54, 1.807) is 38.1 Å². The monoisotopic (exact) mass is 468 g/mol. The number of halogens is 1. The van der Waals surface area contributed by atoms with E-state index in [1.165, 1.54) is 7.11 Å². The highest BCUT2D eigenvalue weighted by Gasteiger charge is 2.39. The van der Waals surface area contributed by atoms with Gasteiger partial charge in [-0.15, -0.1) is 0 Å². The van der Waals surface area contributed by atoms with Crippen molar-refractivity contribution >= 4 is 29.5 Å². The minimum absolute atomic E-state index is 0.109. The Morgan fingerprint density at radius 2 is 1.81 bits per heavy atom. The van der Waals surface area contributed by atoms with Gasteiger partial charge in [0.25, 0.3) is 5.97 Å². The van der Waals surface area contributed by atoms with Gasteiger partial charge in [0.1, 0.15) is 0 Å². The molecule has 0 unspecified atom stereocenters. The Hall–Kier alpha value is -2.88. The summed E-state index contributed by atoms with van der Waals surface area (Å²) in [6, 6.07) is 7.05. The van der Waals surface area contributed by atoms with Gasteiger partial charge in [0.2, 0.25) is 0 Å². The third kappa shape index (κ3) is 7.37. The van der Waals surface area contributed by atoms with Crippen LogP contribution >= 0.6 is 11.6 Å². The van der Waals surface area contributed by atoms with Gasteiger partial charge in [-0.05, 0) is 25.5 Å². The van der Waals surface area contributed by atoms with Gasteiger partial charge in [0.05, 0.1) is 49.7 Å². The Labute approximate surface area is 192 Å². The number of allylic oxidation sites excluding steroid dienone is 1. The number of rotatable bonds is 8. The fraction of sp³-hybridized carbons (Fsp3) is 0.409. The fourth-order valence-electron chi connectivity index (χ4n) is 3.12. The van der Waals surface area contributed by atoms with Crippen LogP contribution in [0.3, 0.4) is 0 Å². The summed E-state index contributed by atoms with van der Waals surface area (Å²) in [5.74, 6) is -2.70. The highest BCUT2D eigenvalue weighted by Crippen LogP contribution is 2.41. The van der Waals surface area contributed by atoms with Gasteiger partial charge in [0.15, 0.2) is 0 Å². The van der Waals surface area contributed by atoms with Gasteiger partial charge in [-0.1, -0.05) is 29.8 Å². The first kappa shape index (κ1) is 27.2.